The fraction of sp³-hybridized carbons (Fsp3) is 1.00. The molecule has 0 aromatic rings. The first-order valence-electron chi connectivity index (χ1n) is 5.67. The molecule has 2 rings (SSSR count). The molecule has 2 fully saturated rings. The van der Waals surface area contributed by atoms with Crippen LogP contribution in [0.3, 0.4) is 0 Å². The van der Waals surface area contributed by atoms with Crippen LogP contribution in [0.4, 0.5) is 0 Å². The van der Waals surface area contributed by atoms with E-state index in [1.54, 1.807) is 0 Å². The number of piperidine rings is 1. The van der Waals surface area contributed by atoms with E-state index in [4.69, 9.17) is 0 Å². The van der Waals surface area contributed by atoms with Crippen molar-refractivity contribution < 1.29 is 0 Å². The molecular formula is C11H22N2. The summed E-state index contributed by atoms with van der Waals surface area (Å²) in [6.45, 7) is 9.79. The van der Waals surface area contributed by atoms with Gasteiger partial charge in [-0.2, -0.15) is 0 Å². The van der Waals surface area contributed by atoms with Gasteiger partial charge in [0.05, 0.1) is 0 Å². The van der Waals surface area contributed by atoms with Gasteiger partial charge in [-0.25, -0.2) is 0 Å². The van der Waals surface area contributed by atoms with Gasteiger partial charge < -0.3 is 10.2 Å². The maximum Gasteiger partial charge on any atom is 0.00533 e. The van der Waals surface area contributed by atoms with E-state index in [1.165, 1.54) is 45.4 Å². The van der Waals surface area contributed by atoms with Crippen LogP contribution in [0.15, 0.2) is 0 Å². The first-order chi connectivity index (χ1) is 6.22. The van der Waals surface area contributed by atoms with E-state index in [2.05, 4.69) is 24.1 Å². The summed E-state index contributed by atoms with van der Waals surface area (Å²) < 4.78 is 0. The molecule has 1 atom stereocenters. The van der Waals surface area contributed by atoms with E-state index in [0.717, 1.165) is 6.04 Å². The molecule has 2 nitrogen and oxygen atoms in total. The maximum absolute atomic E-state index is 3.52. The number of likely N-dealkylation sites (tertiary alicyclic amines) is 1. The molecule has 1 N–H and O–H groups in total. The lowest BCUT2D eigenvalue weighted by Gasteiger charge is -2.42. The highest BCUT2D eigenvalue weighted by atomic mass is 15.2. The van der Waals surface area contributed by atoms with Gasteiger partial charge >= 0.3 is 0 Å². The largest absolute Gasteiger partial charge is 0.316 e. The molecular weight excluding hydrogens is 160 g/mol. The van der Waals surface area contributed by atoms with Crippen LogP contribution in [0, 0.1) is 5.41 Å². The van der Waals surface area contributed by atoms with Crippen molar-refractivity contribution in [3.8, 4) is 0 Å². The highest BCUT2D eigenvalue weighted by Gasteiger charge is 2.38. The molecule has 0 radical (unpaired) electrons. The fourth-order valence-electron chi connectivity index (χ4n) is 2.83. The third-order valence-corrected chi connectivity index (χ3v) is 3.75. The number of hydrogen-bond acceptors (Lipinski definition) is 2. The van der Waals surface area contributed by atoms with E-state index < -0.39 is 0 Å². The van der Waals surface area contributed by atoms with Crippen LogP contribution in [0.2, 0.25) is 0 Å². The van der Waals surface area contributed by atoms with E-state index in [-0.39, 0.29) is 0 Å². The Kier molecular flexibility index (Phi) is 2.61. The summed E-state index contributed by atoms with van der Waals surface area (Å²) in [6, 6.07) is 0.734. The van der Waals surface area contributed by atoms with Crippen molar-refractivity contribution in [2.45, 2.75) is 39.2 Å². The van der Waals surface area contributed by atoms with Gasteiger partial charge in [0, 0.05) is 19.1 Å². The van der Waals surface area contributed by atoms with Crippen LogP contribution >= 0.6 is 0 Å². The Morgan fingerprint density at radius 2 is 2.15 bits per heavy atom. The summed E-state index contributed by atoms with van der Waals surface area (Å²) in [5.41, 5.74) is 0.641. The minimum absolute atomic E-state index is 0.641. The van der Waals surface area contributed by atoms with Crippen molar-refractivity contribution in [2.75, 3.05) is 26.2 Å². The van der Waals surface area contributed by atoms with Crippen molar-refractivity contribution in [3.63, 3.8) is 0 Å². The molecule has 0 saturated carbocycles. The minimum Gasteiger partial charge on any atom is -0.316 e. The molecule has 2 heteroatoms. The zero-order valence-electron chi connectivity index (χ0n) is 8.97. The van der Waals surface area contributed by atoms with E-state index in [0.29, 0.717) is 5.41 Å². The second-order valence-electron chi connectivity index (χ2n) is 5.09. The highest BCUT2D eigenvalue weighted by molar-refractivity contribution is 4.93. The average molecular weight is 182 g/mol. The van der Waals surface area contributed by atoms with E-state index >= 15 is 0 Å². The molecule has 1 spiro atoms. The third-order valence-electron chi connectivity index (χ3n) is 3.75. The molecule has 0 bridgehead atoms. The van der Waals surface area contributed by atoms with Gasteiger partial charge in [-0.1, -0.05) is 0 Å². The summed E-state index contributed by atoms with van der Waals surface area (Å²) in [5, 5.41) is 3.52. The number of nitrogens with one attached hydrogen (secondary N) is 1. The lowest BCUT2D eigenvalue weighted by atomic mass is 9.79. The summed E-state index contributed by atoms with van der Waals surface area (Å²) in [5.74, 6) is 0. The minimum atomic E-state index is 0.641. The summed E-state index contributed by atoms with van der Waals surface area (Å²) in [4.78, 5) is 2.65. The van der Waals surface area contributed by atoms with Crippen molar-refractivity contribution in [1.29, 1.82) is 0 Å². The van der Waals surface area contributed by atoms with Crippen molar-refractivity contribution in [1.82, 2.24) is 10.2 Å². The van der Waals surface area contributed by atoms with Gasteiger partial charge in [0.1, 0.15) is 0 Å². The molecule has 0 aromatic heterocycles. The summed E-state index contributed by atoms with van der Waals surface area (Å²) >= 11 is 0. The monoisotopic (exact) mass is 182 g/mol. The van der Waals surface area contributed by atoms with Gasteiger partial charge in [-0.3, -0.25) is 0 Å². The molecule has 76 valence electrons. The van der Waals surface area contributed by atoms with Crippen molar-refractivity contribution in [2.24, 2.45) is 5.41 Å². The fourth-order valence-corrected chi connectivity index (χ4v) is 2.83. The van der Waals surface area contributed by atoms with Crippen molar-refractivity contribution in [3.05, 3.63) is 0 Å². The molecule has 2 saturated heterocycles. The zero-order valence-corrected chi connectivity index (χ0v) is 8.97. The van der Waals surface area contributed by atoms with Crippen LogP contribution < -0.4 is 5.32 Å². The number of hydrogen-bond donors (Lipinski definition) is 1. The predicted octanol–water partition coefficient (Wildman–Crippen LogP) is 1.47. The number of nitrogens with zero attached hydrogens (tertiary/aromatic N) is 1. The van der Waals surface area contributed by atoms with Crippen LogP contribution in [-0.4, -0.2) is 37.1 Å². The van der Waals surface area contributed by atoms with Crippen LogP contribution in [-0.2, 0) is 0 Å². The Balaban J connectivity index is 1.98. The Labute approximate surface area is 81.7 Å². The van der Waals surface area contributed by atoms with Gasteiger partial charge in [0.2, 0.25) is 0 Å². The van der Waals surface area contributed by atoms with Crippen LogP contribution in [0.5, 0.6) is 0 Å². The highest BCUT2D eigenvalue weighted by Crippen LogP contribution is 2.35. The second kappa shape index (κ2) is 3.58. The lowest BCUT2D eigenvalue weighted by molar-refractivity contribution is 0.0794. The molecule has 2 heterocycles. The normalized spacial score (nSPS) is 36.2. The standard InChI is InChI=1S/C11H22N2/c1-10(2)13-7-3-4-11(9-13)5-6-12-8-11/h10,12H,3-9H2,1-2H3. The van der Waals surface area contributed by atoms with E-state index in [1.807, 2.05) is 0 Å². The SMILES string of the molecule is CC(C)N1CCCC2(CCNC2)C1. The quantitative estimate of drug-likeness (QED) is 0.660. The first-order valence-corrected chi connectivity index (χ1v) is 5.67. The van der Waals surface area contributed by atoms with Gasteiger partial charge in [-0.15, -0.1) is 0 Å². The molecule has 2 aliphatic heterocycles. The maximum atomic E-state index is 3.52. The van der Waals surface area contributed by atoms with Crippen molar-refractivity contribution >= 4 is 0 Å². The Morgan fingerprint density at radius 3 is 2.77 bits per heavy atom. The van der Waals surface area contributed by atoms with E-state index in [9.17, 15) is 0 Å². The topological polar surface area (TPSA) is 15.3 Å². The zero-order chi connectivity index (χ0) is 9.31. The molecule has 2 aliphatic rings. The summed E-state index contributed by atoms with van der Waals surface area (Å²) in [6.07, 6.45) is 4.25. The molecule has 0 aromatic carbocycles. The van der Waals surface area contributed by atoms with Crippen LogP contribution in [0.1, 0.15) is 33.1 Å². The Hall–Kier alpha value is -0.0800. The first kappa shape index (κ1) is 9.47. The van der Waals surface area contributed by atoms with Gasteiger partial charge in [-0.05, 0) is 51.6 Å². The van der Waals surface area contributed by atoms with Crippen LogP contribution in [0.25, 0.3) is 0 Å². The Morgan fingerprint density at radius 1 is 1.31 bits per heavy atom. The smallest absolute Gasteiger partial charge is 0.00533 e. The summed E-state index contributed by atoms with van der Waals surface area (Å²) in [7, 11) is 0. The van der Waals surface area contributed by atoms with Gasteiger partial charge in [0.15, 0.2) is 0 Å². The third kappa shape index (κ3) is 1.89. The second-order valence-corrected chi connectivity index (χ2v) is 5.09. The van der Waals surface area contributed by atoms with Gasteiger partial charge in [0.25, 0.3) is 0 Å². The molecule has 0 amide bonds. The predicted molar refractivity (Wildman–Crippen MR) is 55.9 cm³/mol. The average Bonchev–Trinajstić information content (AvgIpc) is 2.53. The molecule has 0 aliphatic carbocycles. The molecule has 1 unspecified atom stereocenters. The Bertz CT molecular complexity index is 171. The lowest BCUT2D eigenvalue weighted by Crippen LogP contribution is -2.47. The number of rotatable bonds is 1. The molecule has 13 heavy (non-hydrogen) atoms.